The number of ether oxygens (including phenoxy) is 1. The lowest BCUT2D eigenvalue weighted by Crippen LogP contribution is -2.31. The van der Waals surface area contributed by atoms with Crippen LogP contribution in [0.3, 0.4) is 0 Å². The van der Waals surface area contributed by atoms with Gasteiger partial charge in [-0.05, 0) is 18.1 Å². The van der Waals surface area contributed by atoms with Crippen molar-refractivity contribution in [1.82, 2.24) is 14.9 Å². The number of carbonyl (C=O) groups is 2. The molecule has 0 unspecified atom stereocenters. The highest BCUT2D eigenvalue weighted by atomic mass is 16.5. The number of aromatic nitrogens is 2. The summed E-state index contributed by atoms with van der Waals surface area (Å²) in [6.07, 6.45) is 1.34. The van der Waals surface area contributed by atoms with Crippen LogP contribution in [0.4, 0.5) is 0 Å². The van der Waals surface area contributed by atoms with E-state index in [1.54, 1.807) is 11.8 Å². The lowest BCUT2D eigenvalue weighted by atomic mass is 10.1. The van der Waals surface area contributed by atoms with Crippen molar-refractivity contribution < 1.29 is 14.3 Å². The second-order valence-corrected chi connectivity index (χ2v) is 5.98. The molecule has 0 aliphatic rings. The zero-order chi connectivity index (χ0) is 19.1. The minimum Gasteiger partial charge on any atom is -0.461 e. The number of nitrogens with zero attached hydrogens (tertiary/aromatic N) is 2. The average molecular weight is 363 g/mol. The molecule has 138 valence electrons. The predicted octanol–water partition coefficient (Wildman–Crippen LogP) is 3.43. The minimum absolute atomic E-state index is 0.0697. The Labute approximate surface area is 157 Å². The van der Waals surface area contributed by atoms with Gasteiger partial charge < -0.3 is 14.6 Å². The number of esters is 1. The Bertz CT molecular complexity index is 850. The number of rotatable bonds is 7. The summed E-state index contributed by atoms with van der Waals surface area (Å²) in [6, 6.07) is 19.4. The second-order valence-electron chi connectivity index (χ2n) is 5.98. The molecule has 0 saturated heterocycles. The van der Waals surface area contributed by atoms with E-state index >= 15 is 0 Å². The third kappa shape index (κ3) is 4.61. The molecule has 0 aliphatic carbocycles. The Kier molecular flexibility index (Phi) is 5.99. The van der Waals surface area contributed by atoms with E-state index in [1.165, 1.54) is 6.33 Å². The molecular formula is C21H21N3O3. The van der Waals surface area contributed by atoms with Crippen LogP contribution in [-0.2, 0) is 17.8 Å². The molecule has 0 atom stereocenters. The molecule has 0 aliphatic heterocycles. The van der Waals surface area contributed by atoms with E-state index in [0.717, 1.165) is 11.1 Å². The Morgan fingerprint density at radius 1 is 0.963 bits per heavy atom. The standard InChI is InChI=1S/C21H21N3O3/c1-2-27-21(26)19-18(22-15-23-19)20(25)24(13-16-9-5-3-6-10-16)14-17-11-7-4-8-12-17/h3-12,15H,2,13-14H2,1H3,(H,22,23). The number of hydrogen-bond donors (Lipinski definition) is 1. The van der Waals surface area contributed by atoms with E-state index in [0.29, 0.717) is 13.1 Å². The normalized spacial score (nSPS) is 10.4. The second kappa shape index (κ2) is 8.80. The van der Waals surface area contributed by atoms with Crippen LogP contribution < -0.4 is 0 Å². The van der Waals surface area contributed by atoms with Gasteiger partial charge in [-0.1, -0.05) is 60.7 Å². The fourth-order valence-electron chi connectivity index (χ4n) is 2.77. The first-order valence-electron chi connectivity index (χ1n) is 8.76. The fourth-order valence-corrected chi connectivity index (χ4v) is 2.77. The Hall–Kier alpha value is -3.41. The van der Waals surface area contributed by atoms with Crippen molar-refractivity contribution in [3.05, 3.63) is 89.5 Å². The molecule has 3 rings (SSSR count). The van der Waals surface area contributed by atoms with Crippen molar-refractivity contribution in [1.29, 1.82) is 0 Å². The van der Waals surface area contributed by atoms with Crippen LogP contribution in [0.1, 0.15) is 39.0 Å². The molecule has 0 bridgehead atoms. The first kappa shape index (κ1) is 18.4. The Morgan fingerprint density at radius 2 is 1.52 bits per heavy atom. The average Bonchev–Trinajstić information content (AvgIpc) is 3.19. The molecule has 27 heavy (non-hydrogen) atoms. The molecule has 3 aromatic rings. The van der Waals surface area contributed by atoms with Crippen LogP contribution in [0.15, 0.2) is 67.0 Å². The molecule has 6 heteroatoms. The number of benzene rings is 2. The summed E-state index contributed by atoms with van der Waals surface area (Å²) < 4.78 is 5.01. The van der Waals surface area contributed by atoms with Gasteiger partial charge >= 0.3 is 5.97 Å². The number of carbonyl (C=O) groups excluding carboxylic acids is 2. The first-order chi connectivity index (χ1) is 13.2. The Balaban J connectivity index is 1.89. The smallest absolute Gasteiger partial charge is 0.357 e. The van der Waals surface area contributed by atoms with Gasteiger partial charge in [-0.15, -0.1) is 0 Å². The number of amides is 1. The highest BCUT2D eigenvalue weighted by Gasteiger charge is 2.26. The van der Waals surface area contributed by atoms with E-state index < -0.39 is 5.97 Å². The van der Waals surface area contributed by atoms with E-state index in [2.05, 4.69) is 9.97 Å². The SMILES string of the molecule is CCOC(=O)c1[nH]cnc1C(=O)N(Cc1ccccc1)Cc1ccccc1. The number of aromatic amines is 1. The zero-order valence-corrected chi connectivity index (χ0v) is 15.1. The van der Waals surface area contributed by atoms with Crippen molar-refractivity contribution in [3.63, 3.8) is 0 Å². The molecule has 6 nitrogen and oxygen atoms in total. The van der Waals surface area contributed by atoms with Crippen LogP contribution in [0.5, 0.6) is 0 Å². The van der Waals surface area contributed by atoms with Gasteiger partial charge in [0.05, 0.1) is 12.9 Å². The lowest BCUT2D eigenvalue weighted by Gasteiger charge is -2.22. The molecular weight excluding hydrogens is 342 g/mol. The first-order valence-corrected chi connectivity index (χ1v) is 8.76. The molecule has 1 aromatic heterocycles. The van der Waals surface area contributed by atoms with E-state index in [-0.39, 0.29) is 23.9 Å². The maximum Gasteiger partial charge on any atom is 0.357 e. The molecule has 0 saturated carbocycles. The van der Waals surface area contributed by atoms with Crippen molar-refractivity contribution in [2.45, 2.75) is 20.0 Å². The fraction of sp³-hybridized carbons (Fsp3) is 0.190. The van der Waals surface area contributed by atoms with Crippen LogP contribution in [0.25, 0.3) is 0 Å². The quantitative estimate of drug-likeness (QED) is 0.653. The van der Waals surface area contributed by atoms with E-state index in [9.17, 15) is 9.59 Å². The number of H-pyrrole nitrogens is 1. The summed E-state index contributed by atoms with van der Waals surface area (Å²) in [6.45, 7) is 2.75. The van der Waals surface area contributed by atoms with Gasteiger partial charge in [0.25, 0.3) is 5.91 Å². The van der Waals surface area contributed by atoms with E-state index in [4.69, 9.17) is 4.74 Å². The number of imidazole rings is 1. The lowest BCUT2D eigenvalue weighted by molar-refractivity contribution is 0.0511. The van der Waals surface area contributed by atoms with Gasteiger partial charge in [-0.25, -0.2) is 9.78 Å². The summed E-state index contributed by atoms with van der Waals surface area (Å²) in [4.78, 5) is 33.8. The third-order valence-electron chi connectivity index (χ3n) is 4.04. The summed E-state index contributed by atoms with van der Waals surface area (Å²) in [5.74, 6) is -0.912. The molecule has 2 aromatic carbocycles. The van der Waals surface area contributed by atoms with Crippen molar-refractivity contribution in [2.24, 2.45) is 0 Å². The summed E-state index contributed by atoms with van der Waals surface area (Å²) in [7, 11) is 0. The summed E-state index contributed by atoms with van der Waals surface area (Å²) >= 11 is 0. The van der Waals surface area contributed by atoms with Gasteiger partial charge in [-0.3, -0.25) is 4.79 Å². The maximum absolute atomic E-state index is 13.2. The maximum atomic E-state index is 13.2. The molecule has 1 heterocycles. The largest absolute Gasteiger partial charge is 0.461 e. The highest BCUT2D eigenvalue weighted by molar-refractivity contribution is 6.02. The van der Waals surface area contributed by atoms with E-state index in [1.807, 2.05) is 60.7 Å². The molecule has 0 radical (unpaired) electrons. The predicted molar refractivity (Wildman–Crippen MR) is 101 cm³/mol. The minimum atomic E-state index is -0.585. The third-order valence-corrected chi connectivity index (χ3v) is 4.04. The monoisotopic (exact) mass is 363 g/mol. The van der Waals surface area contributed by atoms with Gasteiger partial charge in [0, 0.05) is 13.1 Å². The summed E-state index contributed by atoms with van der Waals surface area (Å²) in [5, 5.41) is 0. The van der Waals surface area contributed by atoms with Gasteiger partial charge in [0.15, 0.2) is 11.4 Å². The van der Waals surface area contributed by atoms with Crippen LogP contribution >= 0.6 is 0 Å². The van der Waals surface area contributed by atoms with Crippen LogP contribution in [0.2, 0.25) is 0 Å². The zero-order valence-electron chi connectivity index (χ0n) is 15.1. The van der Waals surface area contributed by atoms with Gasteiger partial charge in [-0.2, -0.15) is 0 Å². The van der Waals surface area contributed by atoms with Crippen molar-refractivity contribution in [3.8, 4) is 0 Å². The summed E-state index contributed by atoms with van der Waals surface area (Å²) in [5.41, 5.74) is 2.14. The van der Waals surface area contributed by atoms with Crippen LogP contribution in [-0.4, -0.2) is 33.4 Å². The van der Waals surface area contributed by atoms with Crippen molar-refractivity contribution >= 4 is 11.9 Å². The Morgan fingerprint density at radius 3 is 2.04 bits per heavy atom. The number of hydrogen-bond acceptors (Lipinski definition) is 4. The molecule has 0 spiro atoms. The number of nitrogens with one attached hydrogen (secondary N) is 1. The molecule has 1 amide bonds. The van der Waals surface area contributed by atoms with Crippen molar-refractivity contribution in [2.75, 3.05) is 6.61 Å². The topological polar surface area (TPSA) is 75.3 Å². The highest BCUT2D eigenvalue weighted by Crippen LogP contribution is 2.15. The van der Waals surface area contributed by atoms with Crippen LogP contribution in [0, 0.1) is 0 Å². The van der Waals surface area contributed by atoms with Gasteiger partial charge in [0.1, 0.15) is 0 Å². The van der Waals surface area contributed by atoms with Gasteiger partial charge in [0.2, 0.25) is 0 Å². The molecule has 0 fully saturated rings. The molecule has 1 N–H and O–H groups in total.